The number of benzene rings is 1. The van der Waals surface area contributed by atoms with Crippen LogP contribution in [0.4, 0.5) is 0 Å². The summed E-state index contributed by atoms with van der Waals surface area (Å²) in [6.07, 6.45) is 2.73. The zero-order valence-corrected chi connectivity index (χ0v) is 10.6. The van der Waals surface area contributed by atoms with Crippen LogP contribution in [0, 0.1) is 0 Å². The lowest BCUT2D eigenvalue weighted by atomic mass is 10.1. The minimum absolute atomic E-state index is 0.597. The van der Waals surface area contributed by atoms with E-state index < -0.39 is 0 Å². The SMILES string of the molecule is NCCc1ccc(-c2ccc3c(c2)OCCO3)nc1. The normalized spacial score (nSPS) is 13.3. The van der Waals surface area contributed by atoms with Gasteiger partial charge < -0.3 is 15.2 Å². The van der Waals surface area contributed by atoms with E-state index in [0.29, 0.717) is 19.8 Å². The molecule has 0 unspecified atom stereocenters. The standard InChI is InChI=1S/C15H16N2O2/c16-6-5-11-1-3-13(17-10-11)12-2-4-14-15(9-12)19-8-7-18-14/h1-4,9-10H,5-8,16H2. The highest BCUT2D eigenvalue weighted by atomic mass is 16.6. The Morgan fingerprint density at radius 3 is 2.63 bits per heavy atom. The van der Waals surface area contributed by atoms with Gasteiger partial charge in [-0.3, -0.25) is 4.98 Å². The van der Waals surface area contributed by atoms with Crippen molar-refractivity contribution in [1.29, 1.82) is 0 Å². The molecule has 1 aliphatic heterocycles. The van der Waals surface area contributed by atoms with Crippen molar-refractivity contribution in [3.63, 3.8) is 0 Å². The topological polar surface area (TPSA) is 57.4 Å². The maximum atomic E-state index is 5.58. The van der Waals surface area contributed by atoms with Gasteiger partial charge in [0.25, 0.3) is 0 Å². The minimum Gasteiger partial charge on any atom is -0.486 e. The van der Waals surface area contributed by atoms with Crippen LogP contribution in [-0.2, 0) is 6.42 Å². The smallest absolute Gasteiger partial charge is 0.162 e. The summed E-state index contributed by atoms with van der Waals surface area (Å²) < 4.78 is 11.1. The highest BCUT2D eigenvalue weighted by Crippen LogP contribution is 2.33. The molecule has 0 radical (unpaired) electrons. The fraction of sp³-hybridized carbons (Fsp3) is 0.267. The van der Waals surface area contributed by atoms with Crippen molar-refractivity contribution in [2.75, 3.05) is 19.8 Å². The van der Waals surface area contributed by atoms with E-state index >= 15 is 0 Å². The number of hydrogen-bond donors (Lipinski definition) is 1. The number of hydrogen-bond acceptors (Lipinski definition) is 4. The molecule has 0 bridgehead atoms. The minimum atomic E-state index is 0.597. The van der Waals surface area contributed by atoms with Crippen molar-refractivity contribution in [1.82, 2.24) is 4.98 Å². The van der Waals surface area contributed by atoms with Crippen LogP contribution in [0.25, 0.3) is 11.3 Å². The summed E-state index contributed by atoms with van der Waals surface area (Å²) >= 11 is 0. The van der Waals surface area contributed by atoms with Gasteiger partial charge in [-0.1, -0.05) is 6.07 Å². The van der Waals surface area contributed by atoms with Crippen LogP contribution in [0.15, 0.2) is 36.5 Å². The van der Waals surface area contributed by atoms with Crippen molar-refractivity contribution in [2.45, 2.75) is 6.42 Å². The first kappa shape index (κ1) is 12.0. The lowest BCUT2D eigenvalue weighted by Gasteiger charge is -2.18. The van der Waals surface area contributed by atoms with E-state index in [1.807, 2.05) is 30.5 Å². The molecule has 98 valence electrons. The summed E-state index contributed by atoms with van der Waals surface area (Å²) in [7, 11) is 0. The van der Waals surface area contributed by atoms with Gasteiger partial charge in [-0.05, 0) is 42.8 Å². The average molecular weight is 256 g/mol. The van der Waals surface area contributed by atoms with Gasteiger partial charge in [0.1, 0.15) is 13.2 Å². The van der Waals surface area contributed by atoms with Crippen LogP contribution in [-0.4, -0.2) is 24.7 Å². The van der Waals surface area contributed by atoms with Gasteiger partial charge in [0, 0.05) is 11.8 Å². The van der Waals surface area contributed by atoms with Crippen molar-refractivity contribution in [3.8, 4) is 22.8 Å². The molecule has 19 heavy (non-hydrogen) atoms. The Morgan fingerprint density at radius 2 is 1.89 bits per heavy atom. The van der Waals surface area contributed by atoms with Crippen LogP contribution < -0.4 is 15.2 Å². The maximum absolute atomic E-state index is 5.58. The van der Waals surface area contributed by atoms with Crippen molar-refractivity contribution < 1.29 is 9.47 Å². The molecule has 0 atom stereocenters. The van der Waals surface area contributed by atoms with E-state index in [-0.39, 0.29) is 0 Å². The van der Waals surface area contributed by atoms with Crippen LogP contribution >= 0.6 is 0 Å². The molecule has 4 nitrogen and oxygen atoms in total. The number of rotatable bonds is 3. The number of fused-ring (bicyclic) bond motifs is 1. The lowest BCUT2D eigenvalue weighted by Crippen LogP contribution is -2.15. The highest BCUT2D eigenvalue weighted by molar-refractivity contribution is 5.64. The van der Waals surface area contributed by atoms with Crippen LogP contribution in [0.1, 0.15) is 5.56 Å². The fourth-order valence-electron chi connectivity index (χ4n) is 2.11. The Labute approximate surface area is 112 Å². The number of pyridine rings is 1. The molecule has 0 spiro atoms. The third-order valence-corrected chi connectivity index (χ3v) is 3.10. The highest BCUT2D eigenvalue weighted by Gasteiger charge is 2.12. The van der Waals surface area contributed by atoms with Crippen molar-refractivity contribution in [2.24, 2.45) is 5.73 Å². The molecule has 1 aromatic heterocycles. The van der Waals surface area contributed by atoms with Gasteiger partial charge in [0.05, 0.1) is 5.69 Å². The summed E-state index contributed by atoms with van der Waals surface area (Å²) in [5, 5.41) is 0. The monoisotopic (exact) mass is 256 g/mol. The Balaban J connectivity index is 1.89. The summed E-state index contributed by atoms with van der Waals surface area (Å²) in [5.41, 5.74) is 8.64. The molecule has 1 aliphatic rings. The fourth-order valence-corrected chi connectivity index (χ4v) is 2.11. The average Bonchev–Trinajstić information content (AvgIpc) is 2.48. The number of ether oxygens (including phenoxy) is 2. The molecule has 4 heteroatoms. The lowest BCUT2D eigenvalue weighted by molar-refractivity contribution is 0.171. The molecule has 2 aromatic rings. The van der Waals surface area contributed by atoms with Crippen LogP contribution in [0.3, 0.4) is 0 Å². The van der Waals surface area contributed by atoms with Crippen molar-refractivity contribution >= 4 is 0 Å². The Bertz CT molecular complexity index is 567. The van der Waals surface area contributed by atoms with E-state index in [1.165, 1.54) is 0 Å². The molecule has 0 aliphatic carbocycles. The Hall–Kier alpha value is -2.07. The van der Waals surface area contributed by atoms with E-state index in [4.69, 9.17) is 15.2 Å². The largest absolute Gasteiger partial charge is 0.486 e. The van der Waals surface area contributed by atoms with Gasteiger partial charge in [0.15, 0.2) is 11.5 Å². The molecule has 2 N–H and O–H groups in total. The summed E-state index contributed by atoms with van der Waals surface area (Å²) in [6.45, 7) is 1.85. The quantitative estimate of drug-likeness (QED) is 0.912. The molecule has 0 saturated carbocycles. The molecule has 1 aromatic carbocycles. The molecule has 2 heterocycles. The van der Waals surface area contributed by atoms with E-state index in [2.05, 4.69) is 11.1 Å². The zero-order chi connectivity index (χ0) is 13.1. The second-order valence-corrected chi connectivity index (χ2v) is 4.45. The van der Waals surface area contributed by atoms with Crippen LogP contribution in [0.2, 0.25) is 0 Å². The first-order valence-corrected chi connectivity index (χ1v) is 6.42. The molecule has 0 saturated heterocycles. The second-order valence-electron chi connectivity index (χ2n) is 4.45. The Morgan fingerprint density at radius 1 is 1.05 bits per heavy atom. The summed E-state index contributed by atoms with van der Waals surface area (Å²) in [6, 6.07) is 9.97. The Kier molecular flexibility index (Phi) is 3.33. The van der Waals surface area contributed by atoms with Gasteiger partial charge in [-0.25, -0.2) is 0 Å². The second kappa shape index (κ2) is 5.28. The molecule has 3 rings (SSSR count). The maximum Gasteiger partial charge on any atom is 0.162 e. The summed E-state index contributed by atoms with van der Waals surface area (Å²) in [4.78, 5) is 4.46. The van der Waals surface area contributed by atoms with Gasteiger partial charge >= 0.3 is 0 Å². The first-order valence-electron chi connectivity index (χ1n) is 6.42. The van der Waals surface area contributed by atoms with E-state index in [9.17, 15) is 0 Å². The van der Waals surface area contributed by atoms with E-state index in [1.54, 1.807) is 0 Å². The first-order chi connectivity index (χ1) is 9.36. The van der Waals surface area contributed by atoms with Crippen LogP contribution in [0.5, 0.6) is 11.5 Å². The molecular formula is C15H16N2O2. The number of nitrogens with zero attached hydrogens (tertiary/aromatic N) is 1. The third-order valence-electron chi connectivity index (χ3n) is 3.10. The molecular weight excluding hydrogens is 240 g/mol. The number of nitrogens with two attached hydrogens (primary N) is 1. The van der Waals surface area contributed by atoms with Gasteiger partial charge in [-0.2, -0.15) is 0 Å². The molecule has 0 fully saturated rings. The van der Waals surface area contributed by atoms with Gasteiger partial charge in [-0.15, -0.1) is 0 Å². The van der Waals surface area contributed by atoms with E-state index in [0.717, 1.165) is 34.7 Å². The van der Waals surface area contributed by atoms with Crippen molar-refractivity contribution in [3.05, 3.63) is 42.1 Å². The van der Waals surface area contributed by atoms with Gasteiger partial charge in [0.2, 0.25) is 0 Å². The third kappa shape index (κ3) is 2.53. The predicted molar refractivity (Wildman–Crippen MR) is 73.4 cm³/mol. The molecule has 0 amide bonds. The zero-order valence-electron chi connectivity index (χ0n) is 10.6. The predicted octanol–water partition coefficient (Wildman–Crippen LogP) is 2.02. The summed E-state index contributed by atoms with van der Waals surface area (Å²) in [5.74, 6) is 1.59. The number of aromatic nitrogens is 1.